The first-order valence-corrected chi connectivity index (χ1v) is 7.21. The second-order valence-electron chi connectivity index (χ2n) is 5.92. The monoisotopic (exact) mass is 290 g/mol. The minimum absolute atomic E-state index is 0.0987. The maximum Gasteiger partial charge on any atom is 0.303 e. The summed E-state index contributed by atoms with van der Waals surface area (Å²) in [5.41, 5.74) is 1.88. The molecule has 0 saturated carbocycles. The van der Waals surface area contributed by atoms with Gasteiger partial charge in [-0.25, -0.2) is 4.98 Å². The topological polar surface area (TPSA) is 79.5 Å². The molecule has 0 bridgehead atoms. The van der Waals surface area contributed by atoms with E-state index in [1.807, 2.05) is 19.1 Å². The Bertz CT molecular complexity index is 621. The number of aromatic nitrogens is 3. The third-order valence-corrected chi connectivity index (χ3v) is 3.36. The third-order valence-electron chi connectivity index (χ3n) is 3.36. The molecule has 2 heterocycles. The number of aliphatic carboxylic acids is 1. The number of carboxylic acid groups (broad SMARTS) is 1. The van der Waals surface area contributed by atoms with Crippen LogP contribution in [0, 0.1) is 18.8 Å². The Kier molecular flexibility index (Phi) is 4.77. The number of nitrogens with zero attached hydrogens (tertiary/aromatic N) is 3. The quantitative estimate of drug-likeness (QED) is 0.819. The van der Waals surface area contributed by atoms with Crippen molar-refractivity contribution in [3.05, 3.63) is 24.0 Å². The van der Waals surface area contributed by atoms with Crippen molar-refractivity contribution in [2.45, 2.75) is 33.6 Å². The number of fused-ring (bicyclic) bond motifs is 1. The van der Waals surface area contributed by atoms with Crippen molar-refractivity contribution >= 4 is 17.4 Å². The Labute approximate surface area is 124 Å². The average Bonchev–Trinajstić information content (AvgIpc) is 2.82. The van der Waals surface area contributed by atoms with Crippen molar-refractivity contribution in [1.29, 1.82) is 0 Å². The van der Waals surface area contributed by atoms with Gasteiger partial charge in [-0.05, 0) is 42.9 Å². The predicted molar refractivity (Wildman–Crippen MR) is 81.4 cm³/mol. The minimum Gasteiger partial charge on any atom is -0.481 e. The van der Waals surface area contributed by atoms with Gasteiger partial charge in [0.15, 0.2) is 5.65 Å². The van der Waals surface area contributed by atoms with Crippen LogP contribution in [0.3, 0.4) is 0 Å². The first-order chi connectivity index (χ1) is 9.95. The zero-order chi connectivity index (χ0) is 15.4. The molecule has 0 aliphatic rings. The first kappa shape index (κ1) is 15.3. The minimum atomic E-state index is -0.752. The second kappa shape index (κ2) is 6.56. The number of rotatable bonds is 7. The Balaban J connectivity index is 2.11. The Morgan fingerprint density at radius 3 is 2.86 bits per heavy atom. The van der Waals surface area contributed by atoms with Gasteiger partial charge in [-0.2, -0.15) is 9.61 Å². The summed E-state index contributed by atoms with van der Waals surface area (Å²) in [4.78, 5) is 15.2. The molecule has 114 valence electrons. The van der Waals surface area contributed by atoms with Crippen LogP contribution in [0.2, 0.25) is 0 Å². The molecule has 0 aliphatic carbocycles. The fourth-order valence-electron chi connectivity index (χ4n) is 2.58. The molecule has 0 saturated heterocycles. The van der Waals surface area contributed by atoms with E-state index in [0.29, 0.717) is 12.5 Å². The number of carboxylic acids is 1. The van der Waals surface area contributed by atoms with Crippen molar-refractivity contribution in [2.24, 2.45) is 11.8 Å². The lowest BCUT2D eigenvalue weighted by atomic mass is 9.94. The Morgan fingerprint density at radius 2 is 2.19 bits per heavy atom. The molecular formula is C15H22N4O2. The summed E-state index contributed by atoms with van der Waals surface area (Å²) >= 11 is 0. The highest BCUT2D eigenvalue weighted by Crippen LogP contribution is 2.18. The molecule has 0 aliphatic heterocycles. The fourth-order valence-corrected chi connectivity index (χ4v) is 2.58. The number of nitrogens with one attached hydrogen (secondary N) is 1. The molecule has 0 fully saturated rings. The van der Waals surface area contributed by atoms with E-state index >= 15 is 0 Å². The smallest absolute Gasteiger partial charge is 0.303 e. The van der Waals surface area contributed by atoms with Gasteiger partial charge in [0, 0.05) is 13.0 Å². The number of pyridine rings is 1. The van der Waals surface area contributed by atoms with Crippen LogP contribution in [0.25, 0.3) is 5.65 Å². The maximum absolute atomic E-state index is 11.0. The maximum atomic E-state index is 11.0. The van der Waals surface area contributed by atoms with Crippen LogP contribution in [0.5, 0.6) is 0 Å². The molecular weight excluding hydrogens is 268 g/mol. The van der Waals surface area contributed by atoms with Crippen LogP contribution in [-0.4, -0.2) is 32.2 Å². The van der Waals surface area contributed by atoms with Gasteiger partial charge in [-0.3, -0.25) is 4.79 Å². The van der Waals surface area contributed by atoms with Crippen LogP contribution in [0.1, 0.15) is 32.3 Å². The van der Waals surface area contributed by atoms with E-state index in [9.17, 15) is 4.79 Å². The normalized spacial score (nSPS) is 12.8. The van der Waals surface area contributed by atoms with Gasteiger partial charge in [0.1, 0.15) is 12.1 Å². The van der Waals surface area contributed by atoms with E-state index in [0.717, 1.165) is 23.4 Å². The molecule has 0 aromatic carbocycles. The average molecular weight is 290 g/mol. The number of aryl methyl sites for hydroxylation is 1. The standard InChI is InChI=1S/C15H22N4O2/c1-10(2)4-12(7-15(20)21)8-16-13-5-11(3)6-14-17-9-18-19(13)14/h5-6,9-10,12,16H,4,7-8H2,1-3H3,(H,20,21). The predicted octanol–water partition coefficient (Wildman–Crippen LogP) is 2.59. The fraction of sp³-hybridized carbons (Fsp3) is 0.533. The number of carbonyl (C=O) groups is 1. The van der Waals surface area contributed by atoms with E-state index in [4.69, 9.17) is 5.11 Å². The molecule has 0 radical (unpaired) electrons. The summed E-state index contributed by atoms with van der Waals surface area (Å²) in [5.74, 6) is 0.667. The highest BCUT2D eigenvalue weighted by Gasteiger charge is 2.15. The lowest BCUT2D eigenvalue weighted by molar-refractivity contribution is -0.138. The Hall–Kier alpha value is -2.11. The molecule has 2 rings (SSSR count). The number of hydrogen-bond donors (Lipinski definition) is 2. The number of hydrogen-bond acceptors (Lipinski definition) is 4. The largest absolute Gasteiger partial charge is 0.481 e. The van der Waals surface area contributed by atoms with Gasteiger partial charge < -0.3 is 10.4 Å². The van der Waals surface area contributed by atoms with E-state index in [1.54, 1.807) is 4.52 Å². The van der Waals surface area contributed by atoms with Gasteiger partial charge in [0.25, 0.3) is 0 Å². The molecule has 6 heteroatoms. The zero-order valence-corrected chi connectivity index (χ0v) is 12.7. The van der Waals surface area contributed by atoms with Crippen LogP contribution >= 0.6 is 0 Å². The Morgan fingerprint density at radius 1 is 1.43 bits per heavy atom. The van der Waals surface area contributed by atoms with Crippen LogP contribution in [0.15, 0.2) is 18.5 Å². The molecule has 1 atom stereocenters. The van der Waals surface area contributed by atoms with E-state index in [2.05, 4.69) is 29.2 Å². The molecule has 1 unspecified atom stereocenters. The first-order valence-electron chi connectivity index (χ1n) is 7.21. The lowest BCUT2D eigenvalue weighted by Crippen LogP contribution is -2.20. The highest BCUT2D eigenvalue weighted by molar-refractivity contribution is 5.67. The van der Waals surface area contributed by atoms with Crippen LogP contribution < -0.4 is 5.32 Å². The van der Waals surface area contributed by atoms with Crippen LogP contribution in [-0.2, 0) is 4.79 Å². The van der Waals surface area contributed by atoms with Gasteiger partial charge >= 0.3 is 5.97 Å². The molecule has 21 heavy (non-hydrogen) atoms. The van der Waals surface area contributed by atoms with Crippen LogP contribution in [0.4, 0.5) is 5.82 Å². The summed E-state index contributed by atoms with van der Waals surface area (Å²) in [5, 5.41) is 16.5. The SMILES string of the molecule is Cc1cc(NCC(CC(=O)O)CC(C)C)n2ncnc2c1. The van der Waals surface area contributed by atoms with E-state index in [-0.39, 0.29) is 12.3 Å². The summed E-state index contributed by atoms with van der Waals surface area (Å²) in [6.07, 6.45) is 2.58. The second-order valence-corrected chi connectivity index (χ2v) is 5.92. The van der Waals surface area contributed by atoms with Gasteiger partial charge in [0.2, 0.25) is 0 Å². The van der Waals surface area contributed by atoms with Crippen molar-refractivity contribution in [2.75, 3.05) is 11.9 Å². The third kappa shape index (κ3) is 4.18. The van der Waals surface area contributed by atoms with E-state index < -0.39 is 5.97 Å². The van der Waals surface area contributed by atoms with Gasteiger partial charge in [-0.1, -0.05) is 13.8 Å². The highest BCUT2D eigenvalue weighted by atomic mass is 16.4. The van der Waals surface area contributed by atoms with Crippen molar-refractivity contribution in [3.8, 4) is 0 Å². The van der Waals surface area contributed by atoms with E-state index in [1.165, 1.54) is 6.33 Å². The van der Waals surface area contributed by atoms with Gasteiger partial charge in [-0.15, -0.1) is 0 Å². The summed E-state index contributed by atoms with van der Waals surface area (Å²) in [7, 11) is 0. The molecule has 0 amide bonds. The van der Waals surface area contributed by atoms with Crippen molar-refractivity contribution < 1.29 is 9.90 Å². The zero-order valence-electron chi connectivity index (χ0n) is 12.7. The lowest BCUT2D eigenvalue weighted by Gasteiger charge is -2.19. The summed E-state index contributed by atoms with van der Waals surface area (Å²) in [6.45, 7) is 6.83. The summed E-state index contributed by atoms with van der Waals surface area (Å²) < 4.78 is 1.74. The van der Waals surface area contributed by atoms with Crippen molar-refractivity contribution in [3.63, 3.8) is 0 Å². The molecule has 6 nitrogen and oxygen atoms in total. The number of anilines is 1. The molecule has 2 N–H and O–H groups in total. The summed E-state index contributed by atoms with van der Waals surface area (Å²) in [6, 6.07) is 3.95. The molecule has 2 aromatic rings. The molecule has 0 spiro atoms. The molecule has 2 aromatic heterocycles. The van der Waals surface area contributed by atoms with Gasteiger partial charge in [0.05, 0.1) is 0 Å². The van der Waals surface area contributed by atoms with Crippen molar-refractivity contribution in [1.82, 2.24) is 14.6 Å².